The van der Waals surface area contributed by atoms with E-state index >= 15 is 0 Å². The van der Waals surface area contributed by atoms with Crippen LogP contribution in [0.25, 0.3) is 0 Å². The van der Waals surface area contributed by atoms with E-state index in [4.69, 9.17) is 9.47 Å². The van der Waals surface area contributed by atoms with Gasteiger partial charge in [-0.2, -0.15) is 5.10 Å². The molecule has 1 aliphatic heterocycles. The highest BCUT2D eigenvalue weighted by Gasteiger charge is 2.41. The van der Waals surface area contributed by atoms with Crippen LogP contribution >= 0.6 is 0 Å². The first kappa shape index (κ1) is 16.8. The van der Waals surface area contributed by atoms with Crippen molar-refractivity contribution in [2.75, 3.05) is 20.0 Å². The summed E-state index contributed by atoms with van der Waals surface area (Å²) in [5.41, 5.74) is 2.89. The second kappa shape index (κ2) is 6.83. The van der Waals surface area contributed by atoms with E-state index in [-0.39, 0.29) is 12.6 Å². The molecule has 0 N–H and O–H groups in total. The van der Waals surface area contributed by atoms with Gasteiger partial charge in [-0.3, -0.25) is 4.79 Å². The molecule has 3 rings (SSSR count). The van der Waals surface area contributed by atoms with Crippen LogP contribution < -0.4 is 0 Å². The van der Waals surface area contributed by atoms with Crippen molar-refractivity contribution >= 4 is 5.78 Å². The van der Waals surface area contributed by atoms with Gasteiger partial charge in [0, 0.05) is 6.42 Å². The summed E-state index contributed by atoms with van der Waals surface area (Å²) in [5, 5.41) is 4.20. The molecule has 1 atom stereocenters. The minimum Gasteiger partial charge on any atom is -0.354 e. The lowest BCUT2D eigenvalue weighted by molar-refractivity contribution is -0.174. The van der Waals surface area contributed by atoms with Gasteiger partial charge in [-0.1, -0.05) is 18.2 Å². The van der Waals surface area contributed by atoms with Crippen molar-refractivity contribution in [1.29, 1.82) is 0 Å². The Balaban J connectivity index is 1.89. The van der Waals surface area contributed by atoms with E-state index in [1.807, 2.05) is 6.92 Å². The topological polar surface area (TPSA) is 66.2 Å². The van der Waals surface area contributed by atoms with E-state index in [9.17, 15) is 4.79 Å². The second-order valence-corrected chi connectivity index (χ2v) is 6.75. The minimum atomic E-state index is -0.672. The number of carbonyl (C=O) groups is 1. The van der Waals surface area contributed by atoms with Crippen LogP contribution in [-0.2, 0) is 20.7 Å². The van der Waals surface area contributed by atoms with Crippen molar-refractivity contribution in [3.8, 4) is 0 Å². The SMILES string of the molecule is Cc1ccc(CC(C(=O)C2(C)COCOC2)n2cncn2)cc1C. The van der Waals surface area contributed by atoms with E-state index in [0.717, 1.165) is 5.56 Å². The third kappa shape index (κ3) is 3.39. The van der Waals surface area contributed by atoms with E-state index in [2.05, 4.69) is 42.1 Å². The highest BCUT2D eigenvalue weighted by molar-refractivity contribution is 5.88. The summed E-state index contributed by atoms with van der Waals surface area (Å²) in [6, 6.07) is 5.85. The lowest BCUT2D eigenvalue weighted by Crippen LogP contribution is -2.45. The summed E-state index contributed by atoms with van der Waals surface area (Å²) in [7, 11) is 0. The Morgan fingerprint density at radius 1 is 1.29 bits per heavy atom. The van der Waals surface area contributed by atoms with Crippen LogP contribution in [0, 0.1) is 19.3 Å². The van der Waals surface area contributed by atoms with Crippen LogP contribution in [0.4, 0.5) is 0 Å². The number of carbonyl (C=O) groups excluding carboxylic acids is 1. The Bertz CT molecular complexity index is 706. The molecule has 6 nitrogen and oxygen atoms in total. The number of ketones is 1. The van der Waals surface area contributed by atoms with E-state index in [1.54, 1.807) is 11.0 Å². The number of hydrogen-bond donors (Lipinski definition) is 0. The molecule has 0 aliphatic carbocycles. The van der Waals surface area contributed by atoms with Gasteiger partial charge in [-0.05, 0) is 37.5 Å². The predicted octanol–water partition coefficient (Wildman–Crippen LogP) is 2.26. The molecule has 2 aromatic rings. The Hall–Kier alpha value is -2.05. The number of aromatic nitrogens is 3. The quantitative estimate of drug-likeness (QED) is 0.842. The standard InChI is InChI=1S/C18H23N3O3/c1-13-4-5-15(6-14(13)2)7-16(21-11-19-10-20-21)17(22)18(3)8-23-12-24-9-18/h4-6,10-11,16H,7-9,12H2,1-3H3. The normalized spacial score (nSPS) is 18.3. The van der Waals surface area contributed by atoms with Crippen molar-refractivity contribution in [3.05, 3.63) is 47.5 Å². The summed E-state index contributed by atoms with van der Waals surface area (Å²) in [5.74, 6) is 0.0610. The highest BCUT2D eigenvalue weighted by atomic mass is 16.7. The molecule has 1 aromatic carbocycles. The molecule has 0 saturated carbocycles. The maximum atomic E-state index is 13.2. The summed E-state index contributed by atoms with van der Waals surface area (Å²) < 4.78 is 12.4. The van der Waals surface area contributed by atoms with Gasteiger partial charge in [0.1, 0.15) is 25.5 Å². The molecule has 1 fully saturated rings. The number of benzene rings is 1. The molecule has 0 amide bonds. The van der Waals surface area contributed by atoms with Gasteiger partial charge in [0.2, 0.25) is 0 Å². The van der Waals surface area contributed by atoms with Gasteiger partial charge >= 0.3 is 0 Å². The van der Waals surface area contributed by atoms with Crippen LogP contribution in [-0.4, -0.2) is 40.6 Å². The molecular formula is C18H23N3O3. The first-order valence-electron chi connectivity index (χ1n) is 8.10. The van der Waals surface area contributed by atoms with Gasteiger partial charge in [0.15, 0.2) is 5.78 Å². The zero-order valence-electron chi connectivity index (χ0n) is 14.4. The molecule has 0 bridgehead atoms. The lowest BCUT2D eigenvalue weighted by Gasteiger charge is -2.34. The number of aryl methyl sites for hydroxylation is 2. The fourth-order valence-corrected chi connectivity index (χ4v) is 3.02. The van der Waals surface area contributed by atoms with E-state index in [0.29, 0.717) is 19.6 Å². The minimum absolute atomic E-state index is 0.0610. The molecule has 24 heavy (non-hydrogen) atoms. The first-order valence-corrected chi connectivity index (χ1v) is 8.10. The van der Waals surface area contributed by atoms with Crippen LogP contribution in [0.1, 0.15) is 29.7 Å². The van der Waals surface area contributed by atoms with Gasteiger partial charge in [-0.15, -0.1) is 0 Å². The van der Waals surface area contributed by atoms with Crippen molar-refractivity contribution in [2.24, 2.45) is 5.41 Å². The summed E-state index contributed by atoms with van der Waals surface area (Å²) in [6.45, 7) is 7.02. The Labute approximate surface area is 141 Å². The zero-order chi connectivity index (χ0) is 17.2. The number of hydrogen-bond acceptors (Lipinski definition) is 5. The number of Topliss-reactive ketones (excluding diaryl/α,β-unsaturated/α-hetero) is 1. The predicted molar refractivity (Wildman–Crippen MR) is 88.6 cm³/mol. The maximum Gasteiger partial charge on any atom is 0.168 e. The van der Waals surface area contributed by atoms with Crippen LogP contribution in [0.3, 0.4) is 0 Å². The number of ether oxygens (including phenoxy) is 2. The van der Waals surface area contributed by atoms with Gasteiger partial charge in [0.25, 0.3) is 0 Å². The Morgan fingerprint density at radius 3 is 2.67 bits per heavy atom. The molecular weight excluding hydrogens is 306 g/mol. The number of nitrogens with zero attached hydrogens (tertiary/aromatic N) is 3. The summed E-state index contributed by atoms with van der Waals surface area (Å²) >= 11 is 0. The number of rotatable bonds is 5. The average molecular weight is 329 g/mol. The third-order valence-corrected chi connectivity index (χ3v) is 4.66. The lowest BCUT2D eigenvalue weighted by atomic mass is 9.81. The molecule has 2 heterocycles. The van der Waals surface area contributed by atoms with E-state index in [1.165, 1.54) is 17.5 Å². The smallest absolute Gasteiger partial charge is 0.168 e. The largest absolute Gasteiger partial charge is 0.354 e. The van der Waals surface area contributed by atoms with Crippen LogP contribution in [0.5, 0.6) is 0 Å². The second-order valence-electron chi connectivity index (χ2n) is 6.75. The zero-order valence-corrected chi connectivity index (χ0v) is 14.4. The first-order chi connectivity index (χ1) is 11.5. The molecule has 6 heteroatoms. The maximum absolute atomic E-state index is 13.2. The molecule has 0 radical (unpaired) electrons. The van der Waals surface area contributed by atoms with Crippen molar-refractivity contribution in [3.63, 3.8) is 0 Å². The van der Waals surface area contributed by atoms with Crippen molar-refractivity contribution < 1.29 is 14.3 Å². The monoisotopic (exact) mass is 329 g/mol. The van der Waals surface area contributed by atoms with Crippen LogP contribution in [0.2, 0.25) is 0 Å². The Morgan fingerprint density at radius 2 is 2.04 bits per heavy atom. The summed E-state index contributed by atoms with van der Waals surface area (Å²) in [4.78, 5) is 17.2. The van der Waals surface area contributed by atoms with Crippen LogP contribution in [0.15, 0.2) is 30.9 Å². The van der Waals surface area contributed by atoms with Gasteiger partial charge in [-0.25, -0.2) is 9.67 Å². The van der Waals surface area contributed by atoms with Crippen molar-refractivity contribution in [2.45, 2.75) is 33.2 Å². The molecule has 128 valence electrons. The fourth-order valence-electron chi connectivity index (χ4n) is 3.02. The third-order valence-electron chi connectivity index (χ3n) is 4.66. The molecule has 1 aromatic heterocycles. The van der Waals surface area contributed by atoms with Gasteiger partial charge in [0.05, 0.1) is 18.6 Å². The molecule has 0 spiro atoms. The average Bonchev–Trinajstić information content (AvgIpc) is 3.10. The van der Waals surface area contributed by atoms with E-state index < -0.39 is 11.5 Å². The molecule has 1 unspecified atom stereocenters. The highest BCUT2D eigenvalue weighted by Crippen LogP contribution is 2.30. The van der Waals surface area contributed by atoms with Crippen molar-refractivity contribution in [1.82, 2.24) is 14.8 Å². The Kier molecular flexibility index (Phi) is 4.78. The molecule has 1 aliphatic rings. The summed E-state index contributed by atoms with van der Waals surface area (Å²) in [6.07, 6.45) is 3.62. The molecule has 1 saturated heterocycles. The fraction of sp³-hybridized carbons (Fsp3) is 0.500. The van der Waals surface area contributed by atoms with Gasteiger partial charge < -0.3 is 9.47 Å².